The highest BCUT2D eigenvalue weighted by Crippen LogP contribution is 2.27. The SMILES string of the molecule is O=[N+]([O-])c1ccccc1CC(O)c1c(F)cccc1F. The number of aliphatic hydroxyl groups excluding tert-OH is 1. The molecule has 0 saturated carbocycles. The minimum Gasteiger partial charge on any atom is -0.388 e. The van der Waals surface area contributed by atoms with Crippen LogP contribution in [0.2, 0.25) is 0 Å². The summed E-state index contributed by atoms with van der Waals surface area (Å²) in [6.07, 6.45) is -1.73. The Balaban J connectivity index is 2.33. The van der Waals surface area contributed by atoms with Crippen LogP contribution in [0.25, 0.3) is 0 Å². The summed E-state index contributed by atoms with van der Waals surface area (Å²) in [5.74, 6) is -1.76. The van der Waals surface area contributed by atoms with Crippen molar-refractivity contribution >= 4 is 5.69 Å². The van der Waals surface area contributed by atoms with Gasteiger partial charge in [-0.25, -0.2) is 8.78 Å². The molecule has 2 aromatic carbocycles. The van der Waals surface area contributed by atoms with Crippen LogP contribution in [0, 0.1) is 21.7 Å². The lowest BCUT2D eigenvalue weighted by atomic mass is 9.99. The first-order valence-electron chi connectivity index (χ1n) is 5.85. The van der Waals surface area contributed by atoms with Gasteiger partial charge in [0.15, 0.2) is 0 Å². The Morgan fingerprint density at radius 3 is 2.30 bits per heavy atom. The molecular formula is C14H11F2NO3. The molecule has 0 aliphatic heterocycles. The van der Waals surface area contributed by atoms with Gasteiger partial charge in [-0.1, -0.05) is 24.3 Å². The lowest BCUT2D eigenvalue weighted by Gasteiger charge is -2.13. The molecule has 0 fully saturated rings. The minimum atomic E-state index is -1.49. The van der Waals surface area contributed by atoms with E-state index in [4.69, 9.17) is 0 Å². The van der Waals surface area contributed by atoms with E-state index < -0.39 is 28.2 Å². The molecule has 4 nitrogen and oxygen atoms in total. The normalized spacial score (nSPS) is 12.2. The molecule has 0 heterocycles. The number of aliphatic hydroxyl groups is 1. The Kier molecular flexibility index (Phi) is 4.05. The van der Waals surface area contributed by atoms with Gasteiger partial charge in [-0.05, 0) is 12.1 Å². The van der Waals surface area contributed by atoms with Gasteiger partial charge in [-0.2, -0.15) is 0 Å². The first kappa shape index (κ1) is 14.1. The zero-order valence-corrected chi connectivity index (χ0v) is 10.3. The second-order valence-corrected chi connectivity index (χ2v) is 4.24. The van der Waals surface area contributed by atoms with Crippen LogP contribution < -0.4 is 0 Å². The third-order valence-electron chi connectivity index (χ3n) is 2.93. The summed E-state index contributed by atoms with van der Waals surface area (Å²) in [6, 6.07) is 9.01. The van der Waals surface area contributed by atoms with Crippen LogP contribution in [0.15, 0.2) is 42.5 Å². The first-order valence-corrected chi connectivity index (χ1v) is 5.85. The minimum absolute atomic E-state index is 0.191. The molecule has 1 unspecified atom stereocenters. The Labute approximate surface area is 113 Å². The topological polar surface area (TPSA) is 63.4 Å². The summed E-state index contributed by atoms with van der Waals surface area (Å²) in [5.41, 5.74) is -0.457. The largest absolute Gasteiger partial charge is 0.388 e. The number of nitrogens with zero attached hydrogens (tertiary/aromatic N) is 1. The molecule has 0 aliphatic carbocycles. The zero-order chi connectivity index (χ0) is 14.7. The smallest absolute Gasteiger partial charge is 0.272 e. The molecular weight excluding hydrogens is 268 g/mol. The van der Waals surface area contributed by atoms with E-state index in [2.05, 4.69) is 0 Å². The van der Waals surface area contributed by atoms with Gasteiger partial charge in [0.05, 0.1) is 16.6 Å². The molecule has 1 N–H and O–H groups in total. The van der Waals surface area contributed by atoms with Crippen molar-refractivity contribution < 1.29 is 18.8 Å². The molecule has 6 heteroatoms. The number of nitro benzene ring substituents is 1. The van der Waals surface area contributed by atoms with Crippen molar-refractivity contribution in [2.75, 3.05) is 0 Å². The monoisotopic (exact) mass is 279 g/mol. The summed E-state index contributed by atoms with van der Waals surface area (Å²) in [6.45, 7) is 0. The van der Waals surface area contributed by atoms with E-state index >= 15 is 0 Å². The number of benzene rings is 2. The molecule has 0 aliphatic rings. The first-order chi connectivity index (χ1) is 9.50. The fourth-order valence-corrected chi connectivity index (χ4v) is 2.00. The summed E-state index contributed by atoms with van der Waals surface area (Å²) in [4.78, 5) is 10.3. The molecule has 104 valence electrons. The highest BCUT2D eigenvalue weighted by Gasteiger charge is 2.21. The van der Waals surface area contributed by atoms with Crippen LogP contribution >= 0.6 is 0 Å². The van der Waals surface area contributed by atoms with Gasteiger partial charge in [0, 0.05) is 18.1 Å². The van der Waals surface area contributed by atoms with Crippen molar-refractivity contribution in [3.63, 3.8) is 0 Å². The number of para-hydroxylation sites is 1. The van der Waals surface area contributed by atoms with Gasteiger partial charge in [-0.3, -0.25) is 10.1 Å². The number of rotatable bonds is 4. The van der Waals surface area contributed by atoms with Crippen LogP contribution in [0.4, 0.5) is 14.5 Å². The molecule has 1 atom stereocenters. The number of halogens is 2. The van der Waals surface area contributed by atoms with Gasteiger partial charge in [0.25, 0.3) is 5.69 Å². The number of hydrogen-bond acceptors (Lipinski definition) is 3. The van der Waals surface area contributed by atoms with Crippen LogP contribution in [0.1, 0.15) is 17.2 Å². The predicted octanol–water partition coefficient (Wildman–Crippen LogP) is 3.15. The van der Waals surface area contributed by atoms with Gasteiger partial charge in [0.2, 0.25) is 0 Å². The standard InChI is InChI=1S/C14H11F2NO3/c15-10-5-3-6-11(16)14(10)13(18)8-9-4-1-2-7-12(9)17(19)20/h1-7,13,18H,8H2. The summed E-state index contributed by atoms with van der Waals surface area (Å²) in [5, 5.41) is 20.8. The van der Waals surface area contributed by atoms with Crippen molar-refractivity contribution in [2.45, 2.75) is 12.5 Å². The van der Waals surface area contributed by atoms with E-state index in [9.17, 15) is 24.0 Å². The van der Waals surface area contributed by atoms with Gasteiger partial charge >= 0.3 is 0 Å². The van der Waals surface area contributed by atoms with Crippen LogP contribution in [-0.4, -0.2) is 10.0 Å². The fourth-order valence-electron chi connectivity index (χ4n) is 2.00. The fraction of sp³-hybridized carbons (Fsp3) is 0.143. The second-order valence-electron chi connectivity index (χ2n) is 4.24. The molecule has 0 aromatic heterocycles. The lowest BCUT2D eigenvalue weighted by molar-refractivity contribution is -0.385. The Hall–Kier alpha value is -2.34. The van der Waals surface area contributed by atoms with Crippen LogP contribution in [0.3, 0.4) is 0 Å². The predicted molar refractivity (Wildman–Crippen MR) is 68.1 cm³/mol. The number of hydrogen-bond donors (Lipinski definition) is 1. The van der Waals surface area contributed by atoms with Gasteiger partial charge < -0.3 is 5.11 Å². The zero-order valence-electron chi connectivity index (χ0n) is 10.3. The maximum atomic E-state index is 13.5. The average Bonchev–Trinajstić information content (AvgIpc) is 2.38. The van der Waals surface area contributed by atoms with Crippen LogP contribution in [0.5, 0.6) is 0 Å². The summed E-state index contributed by atoms with van der Waals surface area (Å²) in [7, 11) is 0. The van der Waals surface area contributed by atoms with E-state index in [-0.39, 0.29) is 17.7 Å². The molecule has 2 aromatic rings. The Morgan fingerprint density at radius 1 is 1.10 bits per heavy atom. The van der Waals surface area contributed by atoms with E-state index in [0.29, 0.717) is 0 Å². The average molecular weight is 279 g/mol. The van der Waals surface area contributed by atoms with Crippen molar-refractivity contribution in [1.29, 1.82) is 0 Å². The molecule has 0 amide bonds. The van der Waals surface area contributed by atoms with Crippen molar-refractivity contribution in [3.05, 3.63) is 75.3 Å². The highest BCUT2D eigenvalue weighted by atomic mass is 19.1. The van der Waals surface area contributed by atoms with E-state index in [0.717, 1.165) is 12.1 Å². The molecule has 20 heavy (non-hydrogen) atoms. The Morgan fingerprint density at radius 2 is 1.70 bits per heavy atom. The summed E-state index contributed by atoms with van der Waals surface area (Å²) < 4.78 is 27.1. The number of nitro groups is 1. The molecule has 0 radical (unpaired) electrons. The molecule has 0 saturated heterocycles. The molecule has 0 bridgehead atoms. The third kappa shape index (κ3) is 2.80. The summed E-state index contributed by atoms with van der Waals surface area (Å²) >= 11 is 0. The maximum absolute atomic E-state index is 13.5. The quantitative estimate of drug-likeness (QED) is 0.690. The van der Waals surface area contributed by atoms with E-state index in [1.54, 1.807) is 6.07 Å². The third-order valence-corrected chi connectivity index (χ3v) is 2.93. The van der Waals surface area contributed by atoms with Crippen LogP contribution in [-0.2, 0) is 6.42 Å². The van der Waals surface area contributed by atoms with Crippen molar-refractivity contribution in [3.8, 4) is 0 Å². The van der Waals surface area contributed by atoms with E-state index in [1.165, 1.54) is 24.3 Å². The second kappa shape index (κ2) is 5.75. The van der Waals surface area contributed by atoms with Crippen molar-refractivity contribution in [2.24, 2.45) is 0 Å². The van der Waals surface area contributed by atoms with Gasteiger partial charge in [-0.15, -0.1) is 0 Å². The molecule has 2 rings (SSSR count). The maximum Gasteiger partial charge on any atom is 0.272 e. The van der Waals surface area contributed by atoms with Crippen molar-refractivity contribution in [1.82, 2.24) is 0 Å². The highest BCUT2D eigenvalue weighted by molar-refractivity contribution is 5.41. The Bertz CT molecular complexity index is 626. The van der Waals surface area contributed by atoms with E-state index in [1.807, 2.05) is 0 Å². The lowest BCUT2D eigenvalue weighted by Crippen LogP contribution is -2.08. The molecule has 0 spiro atoms. The van der Waals surface area contributed by atoms with Gasteiger partial charge in [0.1, 0.15) is 11.6 Å².